The van der Waals surface area contributed by atoms with Crippen molar-refractivity contribution in [3.8, 4) is 0 Å². The molecule has 1 amide bonds. The molecular weight excluding hydrogens is 222 g/mol. The van der Waals surface area contributed by atoms with Crippen molar-refractivity contribution in [2.45, 2.75) is 57.3 Å². The Morgan fingerprint density at radius 1 is 1.53 bits per heavy atom. The van der Waals surface area contributed by atoms with Crippen molar-refractivity contribution in [1.82, 2.24) is 4.90 Å². The molecule has 0 saturated carbocycles. The molecule has 2 aliphatic heterocycles. The Morgan fingerprint density at radius 2 is 2.18 bits per heavy atom. The van der Waals surface area contributed by atoms with E-state index in [1.807, 2.05) is 0 Å². The van der Waals surface area contributed by atoms with Gasteiger partial charge in [-0.2, -0.15) is 0 Å². The molecule has 2 rings (SSSR count). The van der Waals surface area contributed by atoms with E-state index in [-0.39, 0.29) is 18.3 Å². The second kappa shape index (κ2) is 3.70. The van der Waals surface area contributed by atoms with Crippen LogP contribution in [0.3, 0.4) is 0 Å². The van der Waals surface area contributed by atoms with Gasteiger partial charge in [0.1, 0.15) is 17.2 Å². The third kappa shape index (κ3) is 1.92. The van der Waals surface area contributed by atoms with E-state index in [0.29, 0.717) is 13.0 Å². The number of fused-ring (bicyclic) bond motifs is 1. The standard InChI is InChI=1S/C12H19NO4/c1-11(2,3)17-10(16)12-5-4-6-13(12)9(15)8(14)7-12/h8,14H,4-7H2,1-3H3/t8-,12-/m1/s1. The molecule has 0 bridgehead atoms. The Kier molecular flexibility index (Phi) is 2.69. The number of nitrogens with zero attached hydrogens (tertiary/aromatic N) is 1. The van der Waals surface area contributed by atoms with Crippen molar-refractivity contribution in [2.24, 2.45) is 0 Å². The van der Waals surface area contributed by atoms with Gasteiger partial charge in [0.15, 0.2) is 0 Å². The molecule has 2 fully saturated rings. The van der Waals surface area contributed by atoms with Gasteiger partial charge >= 0.3 is 5.97 Å². The zero-order valence-corrected chi connectivity index (χ0v) is 10.5. The van der Waals surface area contributed by atoms with Crippen LogP contribution in [-0.2, 0) is 14.3 Å². The third-order valence-electron chi connectivity index (χ3n) is 3.35. The highest BCUT2D eigenvalue weighted by atomic mass is 16.6. The first-order chi connectivity index (χ1) is 7.76. The number of carbonyl (C=O) groups excluding carboxylic acids is 2. The fourth-order valence-electron chi connectivity index (χ4n) is 2.67. The molecule has 5 nitrogen and oxygen atoms in total. The molecule has 0 aromatic heterocycles. The summed E-state index contributed by atoms with van der Waals surface area (Å²) < 4.78 is 5.38. The molecule has 96 valence electrons. The second-order valence-corrected chi connectivity index (χ2v) is 5.85. The van der Waals surface area contributed by atoms with E-state index in [1.165, 1.54) is 4.90 Å². The van der Waals surface area contributed by atoms with E-state index in [9.17, 15) is 14.7 Å². The van der Waals surface area contributed by atoms with Crippen LogP contribution in [-0.4, -0.2) is 45.7 Å². The molecule has 0 aliphatic carbocycles. The summed E-state index contributed by atoms with van der Waals surface area (Å²) in [5.74, 6) is -0.722. The van der Waals surface area contributed by atoms with E-state index in [1.54, 1.807) is 20.8 Å². The molecule has 0 unspecified atom stereocenters. The SMILES string of the molecule is CC(C)(C)OC(=O)[C@]12CCCN1C(=O)[C@H](O)C2. The van der Waals surface area contributed by atoms with Gasteiger partial charge in [0.25, 0.3) is 5.91 Å². The Balaban J connectivity index is 2.23. The fourth-order valence-corrected chi connectivity index (χ4v) is 2.67. The van der Waals surface area contributed by atoms with E-state index in [0.717, 1.165) is 6.42 Å². The van der Waals surface area contributed by atoms with Crippen molar-refractivity contribution in [3.63, 3.8) is 0 Å². The normalized spacial score (nSPS) is 32.8. The minimum absolute atomic E-state index is 0.167. The van der Waals surface area contributed by atoms with Gasteiger partial charge in [-0.15, -0.1) is 0 Å². The van der Waals surface area contributed by atoms with Crippen LogP contribution >= 0.6 is 0 Å². The van der Waals surface area contributed by atoms with Crippen LogP contribution < -0.4 is 0 Å². The predicted octanol–water partition coefficient (Wildman–Crippen LogP) is 0.454. The van der Waals surface area contributed by atoms with Crippen LogP contribution in [0.4, 0.5) is 0 Å². The van der Waals surface area contributed by atoms with Crippen molar-refractivity contribution >= 4 is 11.9 Å². The number of amides is 1. The van der Waals surface area contributed by atoms with Gasteiger partial charge < -0.3 is 14.7 Å². The first-order valence-corrected chi connectivity index (χ1v) is 5.99. The molecule has 0 aromatic rings. The lowest BCUT2D eigenvalue weighted by molar-refractivity contribution is -0.168. The van der Waals surface area contributed by atoms with Gasteiger partial charge in [0.05, 0.1) is 0 Å². The molecule has 0 radical (unpaired) electrons. The number of hydrogen-bond donors (Lipinski definition) is 1. The highest BCUT2D eigenvalue weighted by molar-refractivity contribution is 5.95. The van der Waals surface area contributed by atoms with E-state index in [2.05, 4.69) is 0 Å². The lowest BCUT2D eigenvalue weighted by Crippen LogP contribution is -2.50. The number of rotatable bonds is 1. The summed E-state index contributed by atoms with van der Waals surface area (Å²) in [6, 6.07) is 0. The summed E-state index contributed by atoms with van der Waals surface area (Å²) >= 11 is 0. The molecule has 0 spiro atoms. The summed E-state index contributed by atoms with van der Waals surface area (Å²) in [6.07, 6.45) is 0.492. The van der Waals surface area contributed by atoms with Crippen LogP contribution in [0.1, 0.15) is 40.0 Å². The quantitative estimate of drug-likeness (QED) is 0.677. The zero-order valence-electron chi connectivity index (χ0n) is 10.5. The molecule has 2 saturated heterocycles. The molecule has 17 heavy (non-hydrogen) atoms. The minimum atomic E-state index is -1.05. The van der Waals surface area contributed by atoms with Gasteiger partial charge in [0.2, 0.25) is 0 Å². The maximum atomic E-state index is 12.2. The van der Waals surface area contributed by atoms with E-state index < -0.39 is 17.2 Å². The maximum Gasteiger partial charge on any atom is 0.332 e. The Hall–Kier alpha value is -1.10. The van der Waals surface area contributed by atoms with Crippen LogP contribution in [0, 0.1) is 0 Å². The number of aliphatic hydroxyl groups is 1. The molecule has 2 aliphatic rings. The first kappa shape index (κ1) is 12.4. The van der Waals surface area contributed by atoms with Crippen molar-refractivity contribution in [2.75, 3.05) is 6.54 Å². The predicted molar refractivity (Wildman–Crippen MR) is 60.1 cm³/mol. The number of aliphatic hydroxyl groups excluding tert-OH is 1. The summed E-state index contributed by atoms with van der Waals surface area (Å²) in [7, 11) is 0. The number of hydrogen-bond acceptors (Lipinski definition) is 4. The number of esters is 1. The molecule has 0 aromatic carbocycles. The van der Waals surface area contributed by atoms with Crippen LogP contribution in [0.15, 0.2) is 0 Å². The summed E-state index contributed by atoms with van der Waals surface area (Å²) in [6.45, 7) is 5.94. The minimum Gasteiger partial charge on any atom is -0.458 e. The molecular formula is C12H19NO4. The van der Waals surface area contributed by atoms with Crippen molar-refractivity contribution < 1.29 is 19.4 Å². The first-order valence-electron chi connectivity index (χ1n) is 5.99. The highest BCUT2D eigenvalue weighted by Gasteiger charge is 2.59. The topological polar surface area (TPSA) is 66.8 Å². The average Bonchev–Trinajstić information content (AvgIpc) is 2.66. The molecule has 5 heteroatoms. The summed E-state index contributed by atoms with van der Waals surface area (Å²) in [4.78, 5) is 25.5. The second-order valence-electron chi connectivity index (χ2n) is 5.85. The zero-order chi connectivity index (χ0) is 12.8. The van der Waals surface area contributed by atoms with Crippen LogP contribution in [0.5, 0.6) is 0 Å². The van der Waals surface area contributed by atoms with Gasteiger partial charge in [-0.05, 0) is 33.6 Å². The van der Waals surface area contributed by atoms with Gasteiger partial charge in [-0.25, -0.2) is 4.79 Å². The van der Waals surface area contributed by atoms with Crippen molar-refractivity contribution in [3.05, 3.63) is 0 Å². The van der Waals surface area contributed by atoms with Gasteiger partial charge in [-0.3, -0.25) is 4.79 Å². The van der Waals surface area contributed by atoms with Gasteiger partial charge in [-0.1, -0.05) is 0 Å². The lowest BCUT2D eigenvalue weighted by atomic mass is 9.93. The largest absolute Gasteiger partial charge is 0.458 e. The summed E-state index contributed by atoms with van der Waals surface area (Å²) in [5, 5.41) is 9.62. The Bertz CT molecular complexity index is 360. The van der Waals surface area contributed by atoms with Crippen LogP contribution in [0.25, 0.3) is 0 Å². The lowest BCUT2D eigenvalue weighted by Gasteiger charge is -2.32. The maximum absolute atomic E-state index is 12.2. The van der Waals surface area contributed by atoms with E-state index >= 15 is 0 Å². The fraction of sp³-hybridized carbons (Fsp3) is 0.833. The van der Waals surface area contributed by atoms with Crippen LogP contribution in [0.2, 0.25) is 0 Å². The molecule has 2 heterocycles. The monoisotopic (exact) mass is 241 g/mol. The molecule has 2 atom stereocenters. The smallest absolute Gasteiger partial charge is 0.332 e. The Morgan fingerprint density at radius 3 is 2.76 bits per heavy atom. The summed E-state index contributed by atoms with van der Waals surface area (Å²) in [5.41, 5.74) is -1.49. The number of carbonyl (C=O) groups is 2. The van der Waals surface area contributed by atoms with E-state index in [4.69, 9.17) is 4.74 Å². The Labute approximate surface area is 101 Å². The highest BCUT2D eigenvalue weighted by Crippen LogP contribution is 2.41. The van der Waals surface area contributed by atoms with Crippen molar-refractivity contribution in [1.29, 1.82) is 0 Å². The average molecular weight is 241 g/mol. The third-order valence-corrected chi connectivity index (χ3v) is 3.35. The molecule has 1 N–H and O–H groups in total. The van der Waals surface area contributed by atoms with Gasteiger partial charge in [0, 0.05) is 13.0 Å². The number of ether oxygens (including phenoxy) is 1.